The standard InChI is InChI=1S/C14H16ClN5/c1-9-7-10(2)19-14(18-9)20-13(16)17-8-11-5-3-4-6-12(11)15/h3-7H,8H2,1-2H3,(H3,16,17,18,19,20)/p+1. The van der Waals surface area contributed by atoms with Crippen molar-refractivity contribution in [2.24, 2.45) is 5.73 Å². The fraction of sp³-hybridized carbons (Fsp3) is 0.214. The number of anilines is 1. The third-order valence-electron chi connectivity index (χ3n) is 2.66. The zero-order chi connectivity index (χ0) is 14.5. The van der Waals surface area contributed by atoms with E-state index >= 15 is 0 Å². The van der Waals surface area contributed by atoms with Gasteiger partial charge in [0, 0.05) is 22.0 Å². The van der Waals surface area contributed by atoms with Crippen LogP contribution in [0.2, 0.25) is 5.02 Å². The van der Waals surface area contributed by atoms with Gasteiger partial charge in [-0.2, -0.15) is 0 Å². The van der Waals surface area contributed by atoms with Crippen LogP contribution in [-0.2, 0) is 6.54 Å². The Kier molecular flexibility index (Phi) is 4.53. The molecule has 0 fully saturated rings. The predicted molar refractivity (Wildman–Crippen MR) is 80.4 cm³/mol. The lowest BCUT2D eigenvalue weighted by atomic mass is 10.2. The highest BCUT2D eigenvalue weighted by Gasteiger charge is 2.06. The van der Waals surface area contributed by atoms with Gasteiger partial charge >= 0.3 is 5.96 Å². The zero-order valence-corrected chi connectivity index (χ0v) is 12.2. The van der Waals surface area contributed by atoms with E-state index in [0.29, 0.717) is 23.5 Å². The Hall–Kier alpha value is -2.14. The van der Waals surface area contributed by atoms with Crippen LogP contribution in [0.4, 0.5) is 5.95 Å². The van der Waals surface area contributed by atoms with E-state index in [0.717, 1.165) is 17.0 Å². The van der Waals surface area contributed by atoms with Gasteiger partial charge in [-0.1, -0.05) is 29.8 Å². The van der Waals surface area contributed by atoms with Crippen LogP contribution in [0.15, 0.2) is 30.3 Å². The minimum absolute atomic E-state index is 0.384. The summed E-state index contributed by atoms with van der Waals surface area (Å²) >= 11 is 6.07. The number of aryl methyl sites for hydroxylation is 2. The lowest BCUT2D eigenvalue weighted by molar-refractivity contribution is -0.476. The van der Waals surface area contributed by atoms with Crippen molar-refractivity contribution < 1.29 is 4.99 Å². The number of hydrogen-bond donors (Lipinski definition) is 3. The molecule has 2 aromatic rings. The molecule has 1 heterocycles. The van der Waals surface area contributed by atoms with Gasteiger partial charge in [0.15, 0.2) is 0 Å². The molecular formula is C14H17ClN5+. The fourth-order valence-corrected chi connectivity index (χ4v) is 1.98. The van der Waals surface area contributed by atoms with E-state index in [1.807, 2.05) is 44.2 Å². The number of nitrogens with two attached hydrogens (primary N) is 1. The molecule has 5 nitrogen and oxygen atoms in total. The van der Waals surface area contributed by atoms with E-state index < -0.39 is 0 Å². The number of guanidine groups is 1. The summed E-state index contributed by atoms with van der Waals surface area (Å²) in [6, 6.07) is 9.50. The van der Waals surface area contributed by atoms with Crippen LogP contribution >= 0.6 is 11.6 Å². The van der Waals surface area contributed by atoms with Crippen molar-refractivity contribution in [2.45, 2.75) is 20.4 Å². The Balaban J connectivity index is 2.06. The average Bonchev–Trinajstić information content (AvgIpc) is 2.36. The van der Waals surface area contributed by atoms with E-state index in [1.54, 1.807) is 0 Å². The maximum Gasteiger partial charge on any atom is 0.348 e. The molecule has 1 aromatic heterocycles. The molecule has 4 N–H and O–H groups in total. The van der Waals surface area contributed by atoms with Gasteiger partial charge in [-0.05, 0) is 26.0 Å². The van der Waals surface area contributed by atoms with Crippen molar-refractivity contribution in [3.8, 4) is 0 Å². The molecule has 0 aliphatic heterocycles. The molecule has 0 atom stereocenters. The smallest absolute Gasteiger partial charge is 0.290 e. The highest BCUT2D eigenvalue weighted by molar-refractivity contribution is 6.31. The van der Waals surface area contributed by atoms with Crippen LogP contribution in [0, 0.1) is 13.8 Å². The Bertz CT molecular complexity index is 619. The number of hydrogen-bond acceptors (Lipinski definition) is 2. The molecule has 20 heavy (non-hydrogen) atoms. The second-order valence-electron chi connectivity index (χ2n) is 4.46. The van der Waals surface area contributed by atoms with Gasteiger partial charge in [0.1, 0.15) is 0 Å². The van der Waals surface area contributed by atoms with Gasteiger partial charge in [-0.25, -0.2) is 15.3 Å². The first-order valence-corrected chi connectivity index (χ1v) is 6.61. The lowest BCUT2D eigenvalue weighted by Gasteiger charge is -2.02. The molecule has 0 bridgehead atoms. The molecule has 0 aliphatic rings. The summed E-state index contributed by atoms with van der Waals surface area (Å²) in [5.41, 5.74) is 8.62. The summed E-state index contributed by atoms with van der Waals surface area (Å²) in [5.74, 6) is 0.863. The van der Waals surface area contributed by atoms with Crippen molar-refractivity contribution in [3.63, 3.8) is 0 Å². The van der Waals surface area contributed by atoms with Crippen molar-refractivity contribution in [1.82, 2.24) is 9.97 Å². The Labute approximate surface area is 122 Å². The monoisotopic (exact) mass is 290 g/mol. The van der Waals surface area contributed by atoms with Gasteiger partial charge < -0.3 is 0 Å². The lowest BCUT2D eigenvalue weighted by Crippen LogP contribution is -2.75. The Morgan fingerprint density at radius 3 is 2.55 bits per heavy atom. The molecular weight excluding hydrogens is 274 g/mol. The first kappa shape index (κ1) is 14.3. The molecule has 0 saturated heterocycles. The maximum absolute atomic E-state index is 6.07. The highest BCUT2D eigenvalue weighted by atomic mass is 35.5. The third-order valence-corrected chi connectivity index (χ3v) is 3.02. The summed E-state index contributed by atoms with van der Waals surface area (Å²) in [4.78, 5) is 11.6. The van der Waals surface area contributed by atoms with E-state index in [9.17, 15) is 0 Å². The number of benzene rings is 1. The number of aromatic nitrogens is 2. The molecule has 0 aliphatic carbocycles. The molecule has 104 valence electrons. The number of nitrogens with zero attached hydrogens (tertiary/aromatic N) is 2. The average molecular weight is 291 g/mol. The fourth-order valence-electron chi connectivity index (χ4n) is 1.78. The van der Waals surface area contributed by atoms with Crippen LogP contribution in [0.1, 0.15) is 17.0 Å². The van der Waals surface area contributed by atoms with Crippen LogP contribution in [0.3, 0.4) is 0 Å². The van der Waals surface area contributed by atoms with Crippen molar-refractivity contribution in [1.29, 1.82) is 0 Å². The van der Waals surface area contributed by atoms with Crippen LogP contribution in [0.25, 0.3) is 0 Å². The first-order valence-electron chi connectivity index (χ1n) is 6.23. The van der Waals surface area contributed by atoms with E-state index in [1.165, 1.54) is 0 Å². The maximum atomic E-state index is 6.07. The molecule has 1 aromatic carbocycles. The Morgan fingerprint density at radius 1 is 1.25 bits per heavy atom. The number of rotatable bonds is 3. The van der Waals surface area contributed by atoms with Crippen LogP contribution in [-0.4, -0.2) is 15.9 Å². The SMILES string of the molecule is Cc1cc(C)nc(NC(N)=[NH+]Cc2ccccc2Cl)n1. The van der Waals surface area contributed by atoms with E-state index in [-0.39, 0.29) is 0 Å². The summed E-state index contributed by atoms with van der Waals surface area (Å²) in [7, 11) is 0. The highest BCUT2D eigenvalue weighted by Crippen LogP contribution is 2.12. The summed E-state index contributed by atoms with van der Waals surface area (Å²) in [6.07, 6.45) is 0. The first-order chi connectivity index (χ1) is 9.54. The topological polar surface area (TPSA) is 77.8 Å². The van der Waals surface area contributed by atoms with Gasteiger partial charge in [0.25, 0.3) is 5.95 Å². The van der Waals surface area contributed by atoms with Gasteiger partial charge in [0.05, 0.1) is 6.54 Å². The quantitative estimate of drug-likeness (QED) is 0.576. The minimum Gasteiger partial charge on any atom is -0.290 e. The van der Waals surface area contributed by atoms with Crippen LogP contribution in [0.5, 0.6) is 0 Å². The summed E-state index contributed by atoms with van der Waals surface area (Å²) < 4.78 is 0. The van der Waals surface area contributed by atoms with Crippen LogP contribution < -0.4 is 16.0 Å². The molecule has 0 saturated carbocycles. The zero-order valence-electron chi connectivity index (χ0n) is 11.4. The molecule has 0 spiro atoms. The molecule has 0 amide bonds. The third kappa shape index (κ3) is 3.93. The molecule has 6 heteroatoms. The minimum atomic E-state index is 0.384. The van der Waals surface area contributed by atoms with Crippen molar-refractivity contribution >= 4 is 23.5 Å². The molecule has 0 unspecified atom stereocenters. The normalized spacial score (nSPS) is 11.4. The number of halogens is 1. The Morgan fingerprint density at radius 2 is 1.90 bits per heavy atom. The molecule has 2 rings (SSSR count). The van der Waals surface area contributed by atoms with E-state index in [2.05, 4.69) is 20.3 Å². The van der Waals surface area contributed by atoms with Gasteiger partial charge in [-0.15, -0.1) is 0 Å². The summed E-state index contributed by atoms with van der Waals surface area (Å²) in [6.45, 7) is 4.35. The van der Waals surface area contributed by atoms with Crippen molar-refractivity contribution in [3.05, 3.63) is 52.3 Å². The number of nitrogens with one attached hydrogen (secondary N) is 2. The summed E-state index contributed by atoms with van der Waals surface area (Å²) in [5, 5.41) is 3.64. The van der Waals surface area contributed by atoms with Crippen molar-refractivity contribution in [2.75, 3.05) is 5.32 Å². The predicted octanol–water partition coefficient (Wildman–Crippen LogP) is 0.754. The van der Waals surface area contributed by atoms with E-state index in [4.69, 9.17) is 17.3 Å². The molecule has 0 radical (unpaired) electrons. The van der Waals surface area contributed by atoms with Gasteiger partial charge in [-0.3, -0.25) is 10.7 Å². The largest absolute Gasteiger partial charge is 0.348 e. The second-order valence-corrected chi connectivity index (χ2v) is 4.87. The second kappa shape index (κ2) is 6.34. The van der Waals surface area contributed by atoms with Gasteiger partial charge in [0.2, 0.25) is 0 Å².